The molecule has 4 rings (SSSR count). The van der Waals surface area contributed by atoms with Gasteiger partial charge in [0.15, 0.2) is 0 Å². The van der Waals surface area contributed by atoms with Crippen LogP contribution in [-0.2, 0) is 6.61 Å². The number of nitrogens with one attached hydrogen (secondary N) is 1. The van der Waals surface area contributed by atoms with Crippen molar-refractivity contribution in [2.45, 2.75) is 20.5 Å². The monoisotopic (exact) mass is 457 g/mol. The smallest absolute Gasteiger partial charge is 0.258 e. The van der Waals surface area contributed by atoms with Gasteiger partial charge in [-0.25, -0.2) is 4.98 Å². The Kier molecular flexibility index (Phi) is 5.90. The lowest BCUT2D eigenvalue weighted by molar-refractivity contribution is 0.102. The molecule has 0 aliphatic rings. The molecule has 0 aliphatic carbocycles. The average Bonchev–Trinajstić information content (AvgIpc) is 3.12. The van der Waals surface area contributed by atoms with E-state index in [9.17, 15) is 4.79 Å². The molecule has 8 heteroatoms. The van der Waals surface area contributed by atoms with E-state index in [2.05, 4.69) is 15.3 Å². The molecule has 0 unspecified atom stereocenters. The van der Waals surface area contributed by atoms with Crippen LogP contribution >= 0.6 is 34.5 Å². The summed E-state index contributed by atoms with van der Waals surface area (Å²) in [5, 5.41) is 7.21. The normalized spacial score (nSPS) is 10.9. The van der Waals surface area contributed by atoms with Crippen molar-refractivity contribution in [3.63, 3.8) is 0 Å². The molecule has 5 nitrogen and oxygen atoms in total. The van der Waals surface area contributed by atoms with E-state index >= 15 is 0 Å². The van der Waals surface area contributed by atoms with Crippen molar-refractivity contribution in [3.8, 4) is 5.75 Å². The molecule has 1 amide bonds. The molecule has 30 heavy (non-hydrogen) atoms. The highest BCUT2D eigenvalue weighted by molar-refractivity contribution is 7.09. The largest absolute Gasteiger partial charge is 0.486 e. The van der Waals surface area contributed by atoms with E-state index in [1.54, 1.807) is 41.8 Å². The van der Waals surface area contributed by atoms with Gasteiger partial charge in [0.25, 0.3) is 5.91 Å². The third kappa shape index (κ3) is 4.12. The highest BCUT2D eigenvalue weighted by Crippen LogP contribution is 2.33. The Morgan fingerprint density at radius 3 is 2.57 bits per heavy atom. The maximum absolute atomic E-state index is 12.8. The Morgan fingerprint density at radius 2 is 1.87 bits per heavy atom. The molecule has 0 atom stereocenters. The number of carbonyl (C=O) groups is 1. The second-order valence-electron chi connectivity index (χ2n) is 6.67. The predicted octanol–water partition coefficient (Wildman–Crippen LogP) is 6.45. The number of aromatic nitrogens is 2. The Hall–Kier alpha value is -2.67. The van der Waals surface area contributed by atoms with Gasteiger partial charge >= 0.3 is 0 Å². The number of thiazole rings is 1. The SMILES string of the molecule is Cc1nc(COc2c(C)cnc3c(NC(=O)c4c(Cl)cccc4Cl)cccc23)cs1. The van der Waals surface area contributed by atoms with Gasteiger partial charge in [0, 0.05) is 22.5 Å². The van der Waals surface area contributed by atoms with Crippen LogP contribution in [0.4, 0.5) is 5.69 Å². The minimum absolute atomic E-state index is 0.223. The van der Waals surface area contributed by atoms with E-state index in [4.69, 9.17) is 27.9 Å². The number of anilines is 1. The van der Waals surface area contributed by atoms with E-state index in [1.807, 2.05) is 31.4 Å². The van der Waals surface area contributed by atoms with Gasteiger partial charge in [-0.3, -0.25) is 9.78 Å². The topological polar surface area (TPSA) is 64.1 Å². The van der Waals surface area contributed by atoms with Crippen LogP contribution < -0.4 is 10.1 Å². The molecule has 0 spiro atoms. The first-order chi connectivity index (χ1) is 14.4. The second-order valence-corrected chi connectivity index (χ2v) is 8.55. The zero-order valence-electron chi connectivity index (χ0n) is 16.2. The van der Waals surface area contributed by atoms with Gasteiger partial charge in [-0.15, -0.1) is 11.3 Å². The van der Waals surface area contributed by atoms with Crippen molar-refractivity contribution in [2.24, 2.45) is 0 Å². The molecule has 2 aromatic carbocycles. The van der Waals surface area contributed by atoms with E-state index in [0.717, 1.165) is 21.7 Å². The highest BCUT2D eigenvalue weighted by atomic mass is 35.5. The number of para-hydroxylation sites is 1. The predicted molar refractivity (Wildman–Crippen MR) is 122 cm³/mol. The molecule has 0 saturated carbocycles. The number of benzene rings is 2. The molecule has 2 heterocycles. The molecule has 4 aromatic rings. The summed E-state index contributed by atoms with van der Waals surface area (Å²) < 4.78 is 6.08. The standard InChI is InChI=1S/C22H17Cl2N3O2S/c1-12-9-25-20-15(21(12)29-10-14-11-30-13(2)26-14)5-3-8-18(20)27-22(28)19-16(23)6-4-7-17(19)24/h3-9,11H,10H2,1-2H3,(H,27,28). The molecule has 0 bridgehead atoms. The van der Waals surface area contributed by atoms with Crippen molar-refractivity contribution in [2.75, 3.05) is 5.32 Å². The third-order valence-corrected chi connectivity index (χ3v) is 5.95. The molecule has 0 radical (unpaired) electrons. The number of fused-ring (bicyclic) bond motifs is 1. The number of nitrogens with zero attached hydrogens (tertiary/aromatic N) is 2. The van der Waals surface area contributed by atoms with Gasteiger partial charge in [-0.2, -0.15) is 0 Å². The molecular weight excluding hydrogens is 441 g/mol. The number of halogens is 2. The minimum atomic E-state index is -0.402. The third-order valence-electron chi connectivity index (χ3n) is 4.50. The summed E-state index contributed by atoms with van der Waals surface area (Å²) in [6.07, 6.45) is 1.72. The quantitative estimate of drug-likeness (QED) is 0.374. The van der Waals surface area contributed by atoms with Gasteiger partial charge in [0.05, 0.1) is 37.5 Å². The number of hydrogen-bond donors (Lipinski definition) is 1. The Bertz CT molecular complexity index is 1240. The van der Waals surface area contributed by atoms with Crippen LogP contribution in [0.3, 0.4) is 0 Å². The van der Waals surface area contributed by atoms with Crippen LogP contribution in [0.25, 0.3) is 10.9 Å². The van der Waals surface area contributed by atoms with Crippen LogP contribution in [0, 0.1) is 13.8 Å². The first kappa shape index (κ1) is 20.6. The summed E-state index contributed by atoms with van der Waals surface area (Å²) in [4.78, 5) is 21.8. The fourth-order valence-electron chi connectivity index (χ4n) is 3.11. The molecule has 152 valence electrons. The van der Waals surface area contributed by atoms with E-state index in [-0.39, 0.29) is 15.6 Å². The van der Waals surface area contributed by atoms with Crippen molar-refractivity contribution in [1.29, 1.82) is 0 Å². The molecule has 0 aliphatic heterocycles. The van der Waals surface area contributed by atoms with Crippen LogP contribution in [0.15, 0.2) is 48.0 Å². The Labute approximate surface area is 187 Å². The number of rotatable bonds is 5. The summed E-state index contributed by atoms with van der Waals surface area (Å²) in [5.41, 5.74) is 3.15. The molecule has 1 N–H and O–H groups in total. The Balaban J connectivity index is 1.67. The number of carbonyl (C=O) groups excluding carboxylic acids is 1. The summed E-state index contributed by atoms with van der Waals surface area (Å²) in [6.45, 7) is 4.25. The molecule has 0 fully saturated rings. The average molecular weight is 458 g/mol. The summed E-state index contributed by atoms with van der Waals surface area (Å²) in [7, 11) is 0. The highest BCUT2D eigenvalue weighted by Gasteiger charge is 2.17. The van der Waals surface area contributed by atoms with Gasteiger partial charge in [0.1, 0.15) is 12.4 Å². The second kappa shape index (κ2) is 8.60. The van der Waals surface area contributed by atoms with Gasteiger partial charge in [0.2, 0.25) is 0 Å². The number of amides is 1. The maximum Gasteiger partial charge on any atom is 0.258 e. The zero-order chi connectivity index (χ0) is 21.3. The lowest BCUT2D eigenvalue weighted by atomic mass is 10.1. The number of pyridine rings is 1. The van der Waals surface area contributed by atoms with Crippen molar-refractivity contribution >= 4 is 57.0 Å². The van der Waals surface area contributed by atoms with E-state index in [0.29, 0.717) is 23.6 Å². The van der Waals surface area contributed by atoms with Crippen molar-refractivity contribution in [1.82, 2.24) is 9.97 Å². The maximum atomic E-state index is 12.8. The van der Waals surface area contributed by atoms with Crippen molar-refractivity contribution < 1.29 is 9.53 Å². The van der Waals surface area contributed by atoms with E-state index < -0.39 is 5.91 Å². The summed E-state index contributed by atoms with van der Waals surface area (Å²) >= 11 is 13.9. The van der Waals surface area contributed by atoms with Gasteiger partial charge in [-0.05, 0) is 38.1 Å². The van der Waals surface area contributed by atoms with Crippen LogP contribution in [0.2, 0.25) is 10.0 Å². The van der Waals surface area contributed by atoms with Crippen LogP contribution in [0.1, 0.15) is 26.6 Å². The Morgan fingerprint density at radius 1 is 1.13 bits per heavy atom. The lowest BCUT2D eigenvalue weighted by Gasteiger charge is -2.14. The zero-order valence-corrected chi connectivity index (χ0v) is 18.5. The number of aryl methyl sites for hydroxylation is 2. The summed E-state index contributed by atoms with van der Waals surface area (Å²) in [6, 6.07) is 10.5. The summed E-state index contributed by atoms with van der Waals surface area (Å²) in [5.74, 6) is 0.304. The number of hydrogen-bond acceptors (Lipinski definition) is 5. The minimum Gasteiger partial charge on any atom is -0.486 e. The number of ether oxygens (including phenoxy) is 1. The van der Waals surface area contributed by atoms with Crippen molar-refractivity contribution in [3.05, 3.63) is 79.8 Å². The van der Waals surface area contributed by atoms with Gasteiger partial charge in [-0.1, -0.05) is 35.3 Å². The van der Waals surface area contributed by atoms with E-state index in [1.165, 1.54) is 0 Å². The fraction of sp³-hybridized carbons (Fsp3) is 0.136. The van der Waals surface area contributed by atoms with Crippen LogP contribution in [0.5, 0.6) is 5.75 Å². The first-order valence-corrected chi connectivity index (χ1v) is 10.7. The molecule has 2 aromatic heterocycles. The molecule has 0 saturated heterocycles. The van der Waals surface area contributed by atoms with Gasteiger partial charge < -0.3 is 10.1 Å². The lowest BCUT2D eigenvalue weighted by Crippen LogP contribution is -2.13. The van der Waals surface area contributed by atoms with Crippen LogP contribution in [-0.4, -0.2) is 15.9 Å². The fourth-order valence-corrected chi connectivity index (χ4v) is 4.28. The molecular formula is C22H17Cl2N3O2S. The first-order valence-electron chi connectivity index (χ1n) is 9.11.